The average Bonchev–Trinajstić information content (AvgIpc) is 3.17. The van der Waals surface area contributed by atoms with Crippen molar-refractivity contribution in [3.63, 3.8) is 0 Å². The smallest absolute Gasteiger partial charge is 0.335 e. The van der Waals surface area contributed by atoms with Gasteiger partial charge in [0.2, 0.25) is 0 Å². The van der Waals surface area contributed by atoms with E-state index in [-0.39, 0.29) is 11.9 Å². The van der Waals surface area contributed by atoms with Crippen LogP contribution in [0.1, 0.15) is 26.7 Å². The fourth-order valence-corrected chi connectivity index (χ4v) is 2.35. The van der Waals surface area contributed by atoms with E-state index in [1.54, 1.807) is 18.6 Å². The average molecular weight is 299 g/mol. The van der Waals surface area contributed by atoms with Gasteiger partial charge in [0.25, 0.3) is 0 Å². The molecule has 0 radical (unpaired) electrons. The summed E-state index contributed by atoms with van der Waals surface area (Å²) in [5.41, 5.74) is 2.16. The summed E-state index contributed by atoms with van der Waals surface area (Å²) >= 11 is 0. The molecular formula is C15H17N5O2. The van der Waals surface area contributed by atoms with E-state index in [9.17, 15) is 4.79 Å². The van der Waals surface area contributed by atoms with Crippen molar-refractivity contribution in [1.29, 1.82) is 0 Å². The Morgan fingerprint density at radius 3 is 3.05 bits per heavy atom. The van der Waals surface area contributed by atoms with E-state index in [0.717, 1.165) is 29.5 Å². The van der Waals surface area contributed by atoms with Crippen LogP contribution >= 0.6 is 0 Å². The molecule has 3 rings (SSSR count). The zero-order valence-corrected chi connectivity index (χ0v) is 12.5. The molecule has 22 heavy (non-hydrogen) atoms. The Morgan fingerprint density at radius 1 is 1.45 bits per heavy atom. The van der Waals surface area contributed by atoms with Gasteiger partial charge in [-0.3, -0.25) is 5.10 Å². The van der Waals surface area contributed by atoms with Crippen LogP contribution in [0.15, 0.2) is 31.0 Å². The molecule has 0 saturated carbocycles. The summed E-state index contributed by atoms with van der Waals surface area (Å²) in [6.07, 6.45) is 8.32. The standard InChI is InChI=1S/C15H17N5O2/c1-3-4-10(2)15(21)22-20-6-5-12-13(11-7-18-19-8-11)16-9-17-14(12)20/h5-10H,3-4H2,1-2H3,(H,18,19). The molecule has 0 spiro atoms. The van der Waals surface area contributed by atoms with Gasteiger partial charge in [-0.2, -0.15) is 9.83 Å². The molecule has 7 heteroatoms. The number of aromatic nitrogens is 5. The summed E-state index contributed by atoms with van der Waals surface area (Å²) in [7, 11) is 0. The summed E-state index contributed by atoms with van der Waals surface area (Å²) in [6, 6.07) is 1.83. The summed E-state index contributed by atoms with van der Waals surface area (Å²) in [4.78, 5) is 26.0. The van der Waals surface area contributed by atoms with Gasteiger partial charge in [-0.25, -0.2) is 14.8 Å². The molecule has 3 aromatic rings. The molecule has 114 valence electrons. The minimum atomic E-state index is -0.261. The maximum atomic E-state index is 12.1. The number of H-pyrrole nitrogens is 1. The molecule has 0 bridgehead atoms. The molecule has 3 aromatic heterocycles. The van der Waals surface area contributed by atoms with Crippen LogP contribution in [0.25, 0.3) is 22.3 Å². The highest BCUT2D eigenvalue weighted by atomic mass is 16.7. The number of nitrogens with zero attached hydrogens (tertiary/aromatic N) is 4. The van der Waals surface area contributed by atoms with Crippen LogP contribution in [0.4, 0.5) is 0 Å². The minimum absolute atomic E-state index is 0.141. The van der Waals surface area contributed by atoms with Crippen molar-refractivity contribution in [3.8, 4) is 11.3 Å². The van der Waals surface area contributed by atoms with Crippen LogP contribution in [0.5, 0.6) is 0 Å². The molecule has 0 aromatic carbocycles. The number of hydrogen-bond donors (Lipinski definition) is 1. The van der Waals surface area contributed by atoms with Gasteiger partial charge in [-0.1, -0.05) is 20.3 Å². The fourth-order valence-electron chi connectivity index (χ4n) is 2.35. The summed E-state index contributed by atoms with van der Waals surface area (Å²) in [6.45, 7) is 3.91. The lowest BCUT2D eigenvalue weighted by molar-refractivity contribution is -0.148. The quantitative estimate of drug-likeness (QED) is 0.780. The number of aromatic amines is 1. The van der Waals surface area contributed by atoms with Crippen molar-refractivity contribution in [2.75, 3.05) is 0 Å². The molecule has 3 heterocycles. The van der Waals surface area contributed by atoms with Crippen LogP contribution < -0.4 is 4.84 Å². The first-order valence-electron chi connectivity index (χ1n) is 7.24. The van der Waals surface area contributed by atoms with E-state index in [1.807, 2.05) is 19.9 Å². The second-order valence-corrected chi connectivity index (χ2v) is 5.19. The number of nitrogens with one attached hydrogen (secondary N) is 1. The van der Waals surface area contributed by atoms with Gasteiger partial charge < -0.3 is 4.84 Å². The van der Waals surface area contributed by atoms with Gasteiger partial charge in [0, 0.05) is 23.3 Å². The van der Waals surface area contributed by atoms with Gasteiger partial charge in [0.1, 0.15) is 6.33 Å². The van der Waals surface area contributed by atoms with E-state index < -0.39 is 0 Å². The Bertz CT molecular complexity index is 778. The maximum absolute atomic E-state index is 12.1. The van der Waals surface area contributed by atoms with E-state index >= 15 is 0 Å². The first kappa shape index (κ1) is 14.2. The Morgan fingerprint density at radius 2 is 2.32 bits per heavy atom. The van der Waals surface area contributed by atoms with Gasteiger partial charge in [-0.05, 0) is 12.5 Å². The molecule has 1 atom stereocenters. The van der Waals surface area contributed by atoms with Crippen LogP contribution in [-0.2, 0) is 4.79 Å². The van der Waals surface area contributed by atoms with E-state index in [1.165, 1.54) is 11.1 Å². The summed E-state index contributed by atoms with van der Waals surface area (Å²) in [5, 5.41) is 7.49. The van der Waals surface area contributed by atoms with Crippen molar-refractivity contribution >= 4 is 17.0 Å². The zero-order chi connectivity index (χ0) is 15.5. The van der Waals surface area contributed by atoms with Gasteiger partial charge >= 0.3 is 5.97 Å². The van der Waals surface area contributed by atoms with Crippen molar-refractivity contribution in [1.82, 2.24) is 24.9 Å². The van der Waals surface area contributed by atoms with Gasteiger partial charge in [0.05, 0.1) is 17.8 Å². The van der Waals surface area contributed by atoms with Crippen LogP contribution in [-0.4, -0.2) is 30.9 Å². The van der Waals surface area contributed by atoms with Crippen LogP contribution in [0.3, 0.4) is 0 Å². The van der Waals surface area contributed by atoms with Crippen molar-refractivity contribution in [3.05, 3.63) is 31.0 Å². The highest BCUT2D eigenvalue weighted by Crippen LogP contribution is 2.24. The molecule has 0 fully saturated rings. The Balaban J connectivity index is 1.93. The second kappa shape index (κ2) is 5.97. The number of rotatable bonds is 5. The number of hydrogen-bond acceptors (Lipinski definition) is 5. The Kier molecular flexibility index (Phi) is 3.86. The fraction of sp³-hybridized carbons (Fsp3) is 0.333. The van der Waals surface area contributed by atoms with E-state index in [2.05, 4.69) is 20.2 Å². The maximum Gasteiger partial charge on any atom is 0.335 e. The lowest BCUT2D eigenvalue weighted by Crippen LogP contribution is -2.25. The highest BCUT2D eigenvalue weighted by molar-refractivity contribution is 5.90. The van der Waals surface area contributed by atoms with Crippen LogP contribution in [0.2, 0.25) is 0 Å². The predicted octanol–water partition coefficient (Wildman–Crippen LogP) is 2.21. The molecule has 1 unspecified atom stereocenters. The minimum Gasteiger partial charge on any atom is -0.335 e. The molecule has 1 N–H and O–H groups in total. The monoisotopic (exact) mass is 299 g/mol. The molecule has 7 nitrogen and oxygen atoms in total. The molecule has 0 aliphatic heterocycles. The first-order chi connectivity index (χ1) is 10.7. The van der Waals surface area contributed by atoms with Gasteiger partial charge in [-0.15, -0.1) is 0 Å². The van der Waals surface area contributed by atoms with Crippen molar-refractivity contribution in [2.45, 2.75) is 26.7 Å². The molecule has 0 aliphatic rings. The molecule has 0 saturated heterocycles. The first-order valence-corrected chi connectivity index (χ1v) is 7.24. The number of fused-ring (bicyclic) bond motifs is 1. The SMILES string of the molecule is CCCC(C)C(=O)On1ccc2c(-c3cn[nH]c3)ncnc21. The predicted molar refractivity (Wildman–Crippen MR) is 80.8 cm³/mol. The Hall–Kier alpha value is -2.70. The van der Waals surface area contributed by atoms with Crippen molar-refractivity contribution in [2.24, 2.45) is 5.92 Å². The third kappa shape index (κ3) is 2.57. The van der Waals surface area contributed by atoms with E-state index in [0.29, 0.717) is 5.65 Å². The molecular weight excluding hydrogens is 282 g/mol. The Labute approximate surface area is 127 Å². The normalized spacial score (nSPS) is 12.5. The third-order valence-electron chi connectivity index (χ3n) is 3.53. The summed E-state index contributed by atoms with van der Waals surface area (Å²) < 4.78 is 1.40. The largest absolute Gasteiger partial charge is 0.335 e. The number of carbonyl (C=O) groups is 1. The lowest BCUT2D eigenvalue weighted by atomic mass is 10.1. The van der Waals surface area contributed by atoms with E-state index in [4.69, 9.17) is 4.84 Å². The third-order valence-corrected chi connectivity index (χ3v) is 3.53. The molecule has 0 amide bonds. The van der Waals surface area contributed by atoms with Crippen LogP contribution in [0, 0.1) is 5.92 Å². The second-order valence-electron chi connectivity index (χ2n) is 5.19. The number of carbonyl (C=O) groups excluding carboxylic acids is 1. The van der Waals surface area contributed by atoms with Crippen molar-refractivity contribution < 1.29 is 9.63 Å². The topological polar surface area (TPSA) is 85.7 Å². The zero-order valence-electron chi connectivity index (χ0n) is 12.5. The summed E-state index contributed by atoms with van der Waals surface area (Å²) in [5.74, 6) is -0.402. The molecule has 0 aliphatic carbocycles. The lowest BCUT2D eigenvalue weighted by Gasteiger charge is -2.10. The van der Waals surface area contributed by atoms with Gasteiger partial charge in [0.15, 0.2) is 5.65 Å². The highest BCUT2D eigenvalue weighted by Gasteiger charge is 2.17.